The Morgan fingerprint density at radius 2 is 2.11 bits per heavy atom. The van der Waals surface area contributed by atoms with Gasteiger partial charge >= 0.3 is 6.18 Å². The highest BCUT2D eigenvalue weighted by Crippen LogP contribution is 2.29. The van der Waals surface area contributed by atoms with Gasteiger partial charge in [0.2, 0.25) is 0 Å². The van der Waals surface area contributed by atoms with E-state index >= 15 is 0 Å². The van der Waals surface area contributed by atoms with Crippen LogP contribution in [0.2, 0.25) is 0 Å². The highest BCUT2D eigenvalue weighted by Gasteiger charge is 2.30. The number of alkyl halides is 3. The summed E-state index contributed by atoms with van der Waals surface area (Å²) in [6.07, 6.45) is -1.05. The van der Waals surface area contributed by atoms with Gasteiger partial charge in [-0.05, 0) is 18.6 Å². The molecule has 2 heterocycles. The molecule has 1 unspecified atom stereocenters. The molecule has 0 radical (unpaired) electrons. The normalized spacial score (nSPS) is 13.3. The molecule has 1 atom stereocenters. The van der Waals surface area contributed by atoms with E-state index in [0.29, 0.717) is 5.82 Å². The van der Waals surface area contributed by atoms with Gasteiger partial charge in [-0.15, -0.1) is 11.3 Å². The van der Waals surface area contributed by atoms with E-state index < -0.39 is 11.7 Å². The molecule has 0 saturated heterocycles. The van der Waals surface area contributed by atoms with Crippen molar-refractivity contribution in [3.8, 4) is 0 Å². The minimum absolute atomic E-state index is 0.0377. The lowest BCUT2D eigenvalue weighted by Gasteiger charge is -2.15. The molecule has 0 amide bonds. The lowest BCUT2D eigenvalue weighted by molar-refractivity contribution is -0.137. The second kappa shape index (κ2) is 5.56. The summed E-state index contributed by atoms with van der Waals surface area (Å²) in [7, 11) is 0. The van der Waals surface area contributed by atoms with Crippen LogP contribution in [0, 0.1) is 0 Å². The van der Waals surface area contributed by atoms with E-state index in [0.717, 1.165) is 23.7 Å². The van der Waals surface area contributed by atoms with Crippen molar-refractivity contribution in [2.75, 3.05) is 5.32 Å². The summed E-state index contributed by atoms with van der Waals surface area (Å²) >= 11 is 1.50. The average Bonchev–Trinajstić information content (AvgIpc) is 2.89. The third-order valence-corrected chi connectivity index (χ3v) is 3.46. The highest BCUT2D eigenvalue weighted by atomic mass is 32.1. The largest absolute Gasteiger partial charge is 0.417 e. The van der Waals surface area contributed by atoms with E-state index in [1.165, 1.54) is 17.4 Å². The SMILES string of the molecule is CCC(Nc1ccc(C(F)(F)F)cn1)c1nccs1. The van der Waals surface area contributed by atoms with Crippen LogP contribution in [-0.2, 0) is 6.18 Å². The number of rotatable bonds is 4. The molecule has 2 rings (SSSR count). The first-order chi connectivity index (χ1) is 9.00. The van der Waals surface area contributed by atoms with Crippen LogP contribution in [0.15, 0.2) is 29.9 Å². The molecule has 1 N–H and O–H groups in total. The van der Waals surface area contributed by atoms with Crippen molar-refractivity contribution in [1.29, 1.82) is 0 Å². The zero-order valence-corrected chi connectivity index (χ0v) is 10.9. The van der Waals surface area contributed by atoms with Crippen molar-refractivity contribution in [3.05, 3.63) is 40.5 Å². The molecule has 0 aromatic carbocycles. The van der Waals surface area contributed by atoms with Crippen LogP contribution in [0.25, 0.3) is 0 Å². The molecule has 0 aliphatic heterocycles. The van der Waals surface area contributed by atoms with Crippen LogP contribution >= 0.6 is 11.3 Å². The maximum Gasteiger partial charge on any atom is 0.417 e. The third-order valence-electron chi connectivity index (χ3n) is 2.57. The zero-order chi connectivity index (χ0) is 13.9. The number of hydrogen-bond acceptors (Lipinski definition) is 4. The van der Waals surface area contributed by atoms with E-state index in [4.69, 9.17) is 0 Å². The first-order valence-electron chi connectivity index (χ1n) is 5.70. The number of nitrogens with one attached hydrogen (secondary N) is 1. The molecule has 0 aliphatic carbocycles. The number of hydrogen-bond donors (Lipinski definition) is 1. The minimum atomic E-state index is -4.36. The van der Waals surface area contributed by atoms with Crippen molar-refractivity contribution in [2.24, 2.45) is 0 Å². The van der Waals surface area contributed by atoms with Crippen LogP contribution in [-0.4, -0.2) is 9.97 Å². The second-order valence-electron chi connectivity index (χ2n) is 3.91. The van der Waals surface area contributed by atoms with Crippen molar-refractivity contribution < 1.29 is 13.2 Å². The molecule has 0 bridgehead atoms. The van der Waals surface area contributed by atoms with Gasteiger partial charge in [0.05, 0.1) is 11.6 Å². The summed E-state index contributed by atoms with van der Waals surface area (Å²) in [6, 6.07) is 2.31. The van der Waals surface area contributed by atoms with Crippen LogP contribution in [0.3, 0.4) is 0 Å². The summed E-state index contributed by atoms with van der Waals surface area (Å²) in [5, 5.41) is 5.83. The van der Waals surface area contributed by atoms with Gasteiger partial charge in [-0.1, -0.05) is 6.92 Å². The fourth-order valence-corrected chi connectivity index (χ4v) is 2.34. The monoisotopic (exact) mass is 287 g/mol. The molecule has 0 fully saturated rings. The molecule has 2 aromatic rings. The Hall–Kier alpha value is -1.63. The third kappa shape index (κ3) is 3.44. The van der Waals surface area contributed by atoms with Gasteiger partial charge in [0.1, 0.15) is 10.8 Å². The Morgan fingerprint density at radius 1 is 1.32 bits per heavy atom. The van der Waals surface area contributed by atoms with Gasteiger partial charge in [-0.25, -0.2) is 9.97 Å². The van der Waals surface area contributed by atoms with Crippen molar-refractivity contribution in [1.82, 2.24) is 9.97 Å². The summed E-state index contributed by atoms with van der Waals surface area (Å²) in [5.41, 5.74) is -0.750. The highest BCUT2D eigenvalue weighted by molar-refractivity contribution is 7.09. The Bertz CT molecular complexity index is 508. The Labute approximate surface area is 112 Å². The molecule has 3 nitrogen and oxygen atoms in total. The molecule has 7 heteroatoms. The lowest BCUT2D eigenvalue weighted by atomic mass is 10.2. The van der Waals surface area contributed by atoms with Crippen molar-refractivity contribution >= 4 is 17.2 Å². The maximum atomic E-state index is 12.4. The number of anilines is 1. The molecule has 19 heavy (non-hydrogen) atoms. The van der Waals surface area contributed by atoms with E-state index in [2.05, 4.69) is 15.3 Å². The van der Waals surface area contributed by atoms with Crippen LogP contribution in [0.4, 0.5) is 19.0 Å². The molecule has 2 aromatic heterocycles. The number of thiazole rings is 1. The fraction of sp³-hybridized carbons (Fsp3) is 0.333. The Balaban J connectivity index is 2.11. The lowest BCUT2D eigenvalue weighted by Crippen LogP contribution is -2.11. The quantitative estimate of drug-likeness (QED) is 0.919. The van der Waals surface area contributed by atoms with Crippen LogP contribution < -0.4 is 5.32 Å². The first-order valence-corrected chi connectivity index (χ1v) is 6.58. The smallest absolute Gasteiger partial charge is 0.361 e. The summed E-state index contributed by atoms with van der Waals surface area (Å²) in [5.74, 6) is 0.412. The van der Waals surface area contributed by atoms with Gasteiger partial charge < -0.3 is 5.32 Å². The molecule has 0 aliphatic rings. The number of aromatic nitrogens is 2. The topological polar surface area (TPSA) is 37.8 Å². The number of pyridine rings is 1. The van der Waals surface area contributed by atoms with Gasteiger partial charge in [-0.3, -0.25) is 0 Å². The van der Waals surface area contributed by atoms with Crippen molar-refractivity contribution in [2.45, 2.75) is 25.6 Å². The fourth-order valence-electron chi connectivity index (χ4n) is 1.57. The van der Waals surface area contributed by atoms with Gasteiger partial charge in [0, 0.05) is 17.8 Å². The van der Waals surface area contributed by atoms with E-state index in [1.54, 1.807) is 6.20 Å². The van der Waals surface area contributed by atoms with Gasteiger partial charge in [0.25, 0.3) is 0 Å². The summed E-state index contributed by atoms with van der Waals surface area (Å²) in [4.78, 5) is 7.98. The standard InChI is InChI=1S/C12H12F3N3S/c1-2-9(11-16-5-6-19-11)18-10-4-3-8(7-17-10)12(13,14)15/h3-7,9H,2H2,1H3,(H,17,18). The van der Waals surface area contributed by atoms with Gasteiger partial charge in [0.15, 0.2) is 0 Å². The summed E-state index contributed by atoms with van der Waals surface area (Å²) in [6.45, 7) is 1.98. The maximum absolute atomic E-state index is 12.4. The van der Waals surface area contributed by atoms with Crippen molar-refractivity contribution in [3.63, 3.8) is 0 Å². The van der Waals surface area contributed by atoms with E-state index in [1.807, 2.05) is 12.3 Å². The van der Waals surface area contributed by atoms with Crippen LogP contribution in [0.1, 0.15) is 30.0 Å². The molecular weight excluding hydrogens is 275 g/mol. The van der Waals surface area contributed by atoms with Gasteiger partial charge in [-0.2, -0.15) is 13.2 Å². The molecule has 0 saturated carbocycles. The first kappa shape index (κ1) is 13.8. The Morgan fingerprint density at radius 3 is 2.58 bits per heavy atom. The molecule has 0 spiro atoms. The predicted molar refractivity (Wildman–Crippen MR) is 68.0 cm³/mol. The number of halogens is 3. The average molecular weight is 287 g/mol. The van der Waals surface area contributed by atoms with E-state index in [9.17, 15) is 13.2 Å². The Kier molecular flexibility index (Phi) is 4.04. The molecular formula is C12H12F3N3S. The minimum Gasteiger partial charge on any atom is -0.361 e. The molecule has 102 valence electrons. The predicted octanol–water partition coefficient (Wildman–Crippen LogP) is 4.12. The van der Waals surface area contributed by atoms with E-state index in [-0.39, 0.29) is 6.04 Å². The number of nitrogens with zero attached hydrogens (tertiary/aromatic N) is 2. The van der Waals surface area contributed by atoms with Crippen LogP contribution in [0.5, 0.6) is 0 Å². The second-order valence-corrected chi connectivity index (χ2v) is 4.83. The zero-order valence-electron chi connectivity index (χ0n) is 10.1. The summed E-state index contributed by atoms with van der Waals surface area (Å²) < 4.78 is 37.2.